The Balaban J connectivity index is 2.29. The molecule has 0 aromatic rings. The summed E-state index contributed by atoms with van der Waals surface area (Å²) in [6, 6.07) is 0.0293. The molecule has 1 rings (SSSR count). The van der Waals surface area contributed by atoms with Crippen LogP contribution in [0.2, 0.25) is 0 Å². The quantitative estimate of drug-likeness (QED) is 0.747. The monoisotopic (exact) mass is 241 g/mol. The molecule has 17 heavy (non-hydrogen) atoms. The molecular formula is C12H23N3O2. The summed E-state index contributed by atoms with van der Waals surface area (Å²) in [6.07, 6.45) is 3.24. The van der Waals surface area contributed by atoms with Gasteiger partial charge in [-0.2, -0.15) is 0 Å². The molecule has 0 aliphatic carbocycles. The smallest absolute Gasteiger partial charge is 0.242 e. The molecule has 1 heterocycles. The van der Waals surface area contributed by atoms with E-state index in [1.54, 1.807) is 7.05 Å². The van der Waals surface area contributed by atoms with Crippen molar-refractivity contribution in [2.24, 2.45) is 5.73 Å². The Labute approximate surface area is 103 Å². The first kappa shape index (κ1) is 14.0. The normalized spacial score (nSPS) is 17.0. The van der Waals surface area contributed by atoms with E-state index in [0.29, 0.717) is 12.8 Å². The second-order valence-electron chi connectivity index (χ2n) is 4.85. The molecule has 1 atom stereocenters. The van der Waals surface area contributed by atoms with Gasteiger partial charge in [-0.25, -0.2) is 0 Å². The van der Waals surface area contributed by atoms with Crippen LogP contribution in [-0.2, 0) is 9.59 Å². The van der Waals surface area contributed by atoms with E-state index in [9.17, 15) is 9.59 Å². The summed E-state index contributed by atoms with van der Waals surface area (Å²) < 4.78 is 0. The van der Waals surface area contributed by atoms with E-state index in [1.807, 2.05) is 11.8 Å². The maximum atomic E-state index is 11.8. The minimum absolute atomic E-state index is 0.00477. The summed E-state index contributed by atoms with van der Waals surface area (Å²) in [4.78, 5) is 26.8. The number of rotatable bonds is 5. The molecule has 1 aliphatic rings. The van der Waals surface area contributed by atoms with Gasteiger partial charge in [0, 0.05) is 32.6 Å². The largest absolute Gasteiger partial charge is 0.341 e. The molecule has 0 aromatic carbocycles. The van der Waals surface area contributed by atoms with Crippen molar-refractivity contribution in [2.45, 2.75) is 38.6 Å². The van der Waals surface area contributed by atoms with Crippen LogP contribution in [0.1, 0.15) is 32.6 Å². The molecule has 2 N–H and O–H groups in total. The highest BCUT2D eigenvalue weighted by atomic mass is 16.2. The van der Waals surface area contributed by atoms with Crippen LogP contribution in [0.25, 0.3) is 0 Å². The van der Waals surface area contributed by atoms with Crippen molar-refractivity contribution in [1.82, 2.24) is 9.80 Å². The maximum absolute atomic E-state index is 11.8. The minimum atomic E-state index is -0.00477. The summed E-state index contributed by atoms with van der Waals surface area (Å²) in [7, 11) is 1.68. The van der Waals surface area contributed by atoms with Crippen LogP contribution >= 0.6 is 0 Å². The lowest BCUT2D eigenvalue weighted by Gasteiger charge is -2.21. The Kier molecular flexibility index (Phi) is 5.41. The number of likely N-dealkylation sites (tertiary alicyclic amines) is 1. The van der Waals surface area contributed by atoms with E-state index in [0.717, 1.165) is 25.9 Å². The molecule has 1 unspecified atom stereocenters. The second-order valence-corrected chi connectivity index (χ2v) is 4.85. The van der Waals surface area contributed by atoms with Crippen LogP contribution in [0.5, 0.6) is 0 Å². The fourth-order valence-electron chi connectivity index (χ4n) is 1.90. The molecule has 0 spiro atoms. The van der Waals surface area contributed by atoms with Crippen molar-refractivity contribution in [3.63, 3.8) is 0 Å². The maximum Gasteiger partial charge on any atom is 0.242 e. The first-order valence-electron chi connectivity index (χ1n) is 6.28. The third kappa shape index (κ3) is 4.73. The zero-order valence-electron chi connectivity index (χ0n) is 10.8. The summed E-state index contributed by atoms with van der Waals surface area (Å²) in [5.74, 6) is 0.0500. The van der Waals surface area contributed by atoms with Crippen molar-refractivity contribution in [1.29, 1.82) is 0 Å². The fraction of sp³-hybridized carbons (Fsp3) is 0.833. The van der Waals surface area contributed by atoms with Gasteiger partial charge < -0.3 is 15.5 Å². The zero-order valence-corrected chi connectivity index (χ0v) is 10.8. The Morgan fingerprint density at radius 1 is 1.35 bits per heavy atom. The molecule has 1 saturated heterocycles. The minimum Gasteiger partial charge on any atom is -0.341 e. The summed E-state index contributed by atoms with van der Waals surface area (Å²) in [6.45, 7) is 3.74. The first-order chi connectivity index (χ1) is 8.00. The van der Waals surface area contributed by atoms with Gasteiger partial charge in [-0.05, 0) is 26.2 Å². The number of nitrogens with zero attached hydrogens (tertiary/aromatic N) is 2. The van der Waals surface area contributed by atoms with E-state index < -0.39 is 0 Å². The molecule has 98 valence electrons. The van der Waals surface area contributed by atoms with Gasteiger partial charge in [0.25, 0.3) is 0 Å². The summed E-state index contributed by atoms with van der Waals surface area (Å²) in [5, 5.41) is 0. The topological polar surface area (TPSA) is 66.6 Å². The zero-order chi connectivity index (χ0) is 12.8. The molecule has 2 amide bonds. The SMILES string of the molecule is CC(N)CCC(=O)N(C)CC(=O)N1CCCC1. The van der Waals surface area contributed by atoms with E-state index >= 15 is 0 Å². The van der Waals surface area contributed by atoms with Crippen LogP contribution in [0, 0.1) is 0 Å². The third-order valence-electron chi connectivity index (χ3n) is 3.07. The third-order valence-corrected chi connectivity index (χ3v) is 3.07. The van der Waals surface area contributed by atoms with E-state index in [1.165, 1.54) is 4.90 Å². The lowest BCUT2D eigenvalue weighted by Crippen LogP contribution is -2.40. The lowest BCUT2D eigenvalue weighted by atomic mass is 10.2. The number of carbonyl (C=O) groups excluding carboxylic acids is 2. The predicted octanol–water partition coefficient (Wildman–Crippen LogP) is 0.195. The van der Waals surface area contributed by atoms with Crippen molar-refractivity contribution >= 4 is 11.8 Å². The summed E-state index contributed by atoms with van der Waals surface area (Å²) in [5.41, 5.74) is 5.60. The molecule has 0 bridgehead atoms. The van der Waals surface area contributed by atoms with Gasteiger partial charge in [-0.1, -0.05) is 0 Å². The number of carbonyl (C=O) groups is 2. The lowest BCUT2D eigenvalue weighted by molar-refractivity contribution is -0.138. The Morgan fingerprint density at radius 2 is 1.94 bits per heavy atom. The van der Waals surface area contributed by atoms with Crippen molar-refractivity contribution in [2.75, 3.05) is 26.7 Å². The van der Waals surface area contributed by atoms with Gasteiger partial charge in [0.2, 0.25) is 11.8 Å². The van der Waals surface area contributed by atoms with Gasteiger partial charge in [-0.15, -0.1) is 0 Å². The highest BCUT2D eigenvalue weighted by Crippen LogP contribution is 2.08. The van der Waals surface area contributed by atoms with E-state index in [-0.39, 0.29) is 24.4 Å². The molecule has 5 heteroatoms. The predicted molar refractivity (Wildman–Crippen MR) is 66.3 cm³/mol. The molecule has 1 fully saturated rings. The van der Waals surface area contributed by atoms with Crippen LogP contribution < -0.4 is 5.73 Å². The van der Waals surface area contributed by atoms with Crippen molar-refractivity contribution < 1.29 is 9.59 Å². The van der Waals surface area contributed by atoms with Gasteiger partial charge >= 0.3 is 0 Å². The average Bonchev–Trinajstić information content (AvgIpc) is 2.78. The Bertz CT molecular complexity index is 273. The Hall–Kier alpha value is -1.10. The van der Waals surface area contributed by atoms with Gasteiger partial charge in [0.15, 0.2) is 0 Å². The van der Waals surface area contributed by atoms with Crippen LogP contribution in [0.3, 0.4) is 0 Å². The molecule has 0 radical (unpaired) electrons. The number of nitrogens with two attached hydrogens (primary N) is 1. The van der Waals surface area contributed by atoms with Crippen LogP contribution in [0.4, 0.5) is 0 Å². The van der Waals surface area contributed by atoms with Crippen molar-refractivity contribution in [3.8, 4) is 0 Å². The molecule has 5 nitrogen and oxygen atoms in total. The Morgan fingerprint density at radius 3 is 2.47 bits per heavy atom. The van der Waals surface area contributed by atoms with Gasteiger partial charge in [0.05, 0.1) is 6.54 Å². The number of hydrogen-bond acceptors (Lipinski definition) is 3. The average molecular weight is 241 g/mol. The van der Waals surface area contributed by atoms with Crippen LogP contribution in [-0.4, -0.2) is 54.3 Å². The molecule has 1 aliphatic heterocycles. The first-order valence-corrected chi connectivity index (χ1v) is 6.28. The number of amides is 2. The highest BCUT2D eigenvalue weighted by molar-refractivity contribution is 5.84. The van der Waals surface area contributed by atoms with Crippen LogP contribution in [0.15, 0.2) is 0 Å². The van der Waals surface area contributed by atoms with E-state index in [4.69, 9.17) is 5.73 Å². The van der Waals surface area contributed by atoms with Gasteiger partial charge in [-0.3, -0.25) is 9.59 Å². The standard InChI is InChI=1S/C12H23N3O2/c1-10(13)5-6-11(16)14(2)9-12(17)15-7-3-4-8-15/h10H,3-9,13H2,1-2H3. The second kappa shape index (κ2) is 6.59. The highest BCUT2D eigenvalue weighted by Gasteiger charge is 2.20. The van der Waals surface area contributed by atoms with E-state index in [2.05, 4.69) is 0 Å². The molecule has 0 aromatic heterocycles. The van der Waals surface area contributed by atoms with Crippen molar-refractivity contribution in [3.05, 3.63) is 0 Å². The number of likely N-dealkylation sites (N-methyl/N-ethyl adjacent to an activating group) is 1. The number of hydrogen-bond donors (Lipinski definition) is 1. The van der Waals surface area contributed by atoms with Gasteiger partial charge in [0.1, 0.15) is 0 Å². The fourth-order valence-corrected chi connectivity index (χ4v) is 1.90. The molecular weight excluding hydrogens is 218 g/mol. The summed E-state index contributed by atoms with van der Waals surface area (Å²) >= 11 is 0. The molecule has 0 saturated carbocycles.